The summed E-state index contributed by atoms with van der Waals surface area (Å²) in [7, 11) is 1.64. The Morgan fingerprint density at radius 1 is 1.19 bits per heavy atom. The second-order valence-electron chi connectivity index (χ2n) is 5.87. The maximum atomic E-state index is 12.2. The molecular weight excluding hydrogens is 348 g/mol. The zero-order valence-corrected chi connectivity index (χ0v) is 15.7. The summed E-state index contributed by atoms with van der Waals surface area (Å²) in [4.78, 5) is 16.7. The first-order valence-electron chi connectivity index (χ1n) is 8.55. The number of nitrogens with one attached hydrogen (secondary N) is 1. The van der Waals surface area contributed by atoms with E-state index in [1.165, 1.54) is 0 Å². The van der Waals surface area contributed by atoms with Crippen LogP contribution in [0.1, 0.15) is 30.0 Å². The first-order valence-corrected chi connectivity index (χ1v) is 9.36. The van der Waals surface area contributed by atoms with E-state index in [1.807, 2.05) is 55.5 Å². The van der Waals surface area contributed by atoms with Crippen molar-refractivity contribution in [2.75, 3.05) is 13.7 Å². The van der Waals surface area contributed by atoms with Crippen molar-refractivity contribution in [3.63, 3.8) is 0 Å². The standard InChI is InChI=1S/C20H22N2O3S/c1-3-16(14-8-10-15(24-2)11-9-14)21-19(23)12-25-13-20-22-17-6-4-5-7-18(17)26-20/h4-11,16H,3,12-13H2,1-2H3,(H,21,23)/t16-/m1/s1. The lowest BCUT2D eigenvalue weighted by Gasteiger charge is -2.17. The van der Waals surface area contributed by atoms with Crippen LogP contribution in [0.25, 0.3) is 10.2 Å². The van der Waals surface area contributed by atoms with Crippen LogP contribution in [0.15, 0.2) is 48.5 Å². The minimum absolute atomic E-state index is 0.0164. The largest absolute Gasteiger partial charge is 0.497 e. The molecule has 0 radical (unpaired) electrons. The summed E-state index contributed by atoms with van der Waals surface area (Å²) in [6.45, 7) is 2.39. The Morgan fingerprint density at radius 2 is 1.96 bits per heavy atom. The molecule has 1 heterocycles. The highest BCUT2D eigenvalue weighted by atomic mass is 32.1. The van der Waals surface area contributed by atoms with Crippen molar-refractivity contribution in [2.24, 2.45) is 0 Å². The minimum atomic E-state index is -0.131. The summed E-state index contributed by atoms with van der Waals surface area (Å²) < 4.78 is 11.8. The van der Waals surface area contributed by atoms with E-state index in [0.717, 1.165) is 33.0 Å². The van der Waals surface area contributed by atoms with E-state index in [-0.39, 0.29) is 18.6 Å². The topological polar surface area (TPSA) is 60.5 Å². The number of hydrogen-bond donors (Lipinski definition) is 1. The fourth-order valence-corrected chi connectivity index (χ4v) is 3.61. The van der Waals surface area contributed by atoms with E-state index in [4.69, 9.17) is 9.47 Å². The molecule has 3 rings (SSSR count). The lowest BCUT2D eigenvalue weighted by molar-refractivity contribution is -0.126. The molecule has 0 aliphatic carbocycles. The normalized spacial score (nSPS) is 12.1. The molecule has 0 spiro atoms. The van der Waals surface area contributed by atoms with Crippen molar-refractivity contribution in [2.45, 2.75) is 26.0 Å². The SMILES string of the molecule is CC[C@@H](NC(=O)COCc1nc2ccccc2s1)c1ccc(OC)cc1. The van der Waals surface area contributed by atoms with Gasteiger partial charge in [-0.25, -0.2) is 4.98 Å². The van der Waals surface area contributed by atoms with Gasteiger partial charge in [-0.05, 0) is 36.2 Å². The predicted octanol–water partition coefficient (Wildman–Crippen LogP) is 4.09. The van der Waals surface area contributed by atoms with Crippen LogP contribution in [0.5, 0.6) is 5.75 Å². The van der Waals surface area contributed by atoms with Crippen LogP contribution < -0.4 is 10.1 Å². The van der Waals surface area contributed by atoms with Crippen LogP contribution in [-0.4, -0.2) is 24.6 Å². The predicted molar refractivity (Wildman–Crippen MR) is 103 cm³/mol. The van der Waals surface area contributed by atoms with E-state index in [0.29, 0.717) is 6.61 Å². The molecule has 0 saturated carbocycles. The van der Waals surface area contributed by atoms with Crippen molar-refractivity contribution >= 4 is 27.5 Å². The van der Waals surface area contributed by atoms with Crippen molar-refractivity contribution in [1.82, 2.24) is 10.3 Å². The Bertz CT molecular complexity index is 828. The molecule has 0 saturated heterocycles. The molecule has 1 atom stereocenters. The van der Waals surface area contributed by atoms with Gasteiger partial charge < -0.3 is 14.8 Å². The number of fused-ring (bicyclic) bond motifs is 1. The molecule has 3 aromatic rings. The molecule has 136 valence electrons. The number of nitrogens with zero attached hydrogens (tertiary/aromatic N) is 1. The molecule has 26 heavy (non-hydrogen) atoms. The molecule has 0 unspecified atom stereocenters. The zero-order valence-electron chi connectivity index (χ0n) is 14.9. The Labute approximate surface area is 157 Å². The molecular formula is C20H22N2O3S. The number of hydrogen-bond acceptors (Lipinski definition) is 5. The summed E-state index contributed by atoms with van der Waals surface area (Å²) in [6.07, 6.45) is 0.802. The van der Waals surface area contributed by atoms with Gasteiger partial charge in [-0.2, -0.15) is 0 Å². The highest BCUT2D eigenvalue weighted by Crippen LogP contribution is 2.22. The average molecular weight is 370 g/mol. The number of ether oxygens (including phenoxy) is 2. The van der Waals surface area contributed by atoms with Gasteiger partial charge >= 0.3 is 0 Å². The smallest absolute Gasteiger partial charge is 0.246 e. The number of carbonyl (C=O) groups excluding carboxylic acids is 1. The third-order valence-corrected chi connectivity index (χ3v) is 5.07. The molecule has 0 aliphatic rings. The Balaban J connectivity index is 1.50. The summed E-state index contributed by atoms with van der Waals surface area (Å²) in [5.74, 6) is 0.669. The van der Waals surface area contributed by atoms with Gasteiger partial charge in [-0.3, -0.25) is 4.79 Å². The van der Waals surface area contributed by atoms with Gasteiger partial charge in [0.25, 0.3) is 0 Å². The summed E-state index contributed by atoms with van der Waals surface area (Å²) >= 11 is 1.59. The second kappa shape index (κ2) is 8.78. The first kappa shape index (κ1) is 18.4. The number of amides is 1. The number of benzene rings is 2. The third kappa shape index (κ3) is 4.59. The number of methoxy groups -OCH3 is 1. The van der Waals surface area contributed by atoms with Gasteiger partial charge in [-0.1, -0.05) is 31.2 Å². The lowest BCUT2D eigenvalue weighted by atomic mass is 10.0. The molecule has 1 aromatic heterocycles. The number of carbonyl (C=O) groups is 1. The molecule has 1 N–H and O–H groups in total. The average Bonchev–Trinajstić information content (AvgIpc) is 3.09. The zero-order chi connectivity index (χ0) is 18.4. The maximum absolute atomic E-state index is 12.2. The van der Waals surface area contributed by atoms with E-state index in [1.54, 1.807) is 18.4 Å². The molecule has 0 fully saturated rings. The van der Waals surface area contributed by atoms with Crippen LogP contribution in [0.3, 0.4) is 0 Å². The molecule has 0 aliphatic heterocycles. The monoisotopic (exact) mass is 370 g/mol. The van der Waals surface area contributed by atoms with Crippen molar-refractivity contribution in [1.29, 1.82) is 0 Å². The van der Waals surface area contributed by atoms with Crippen LogP contribution >= 0.6 is 11.3 Å². The lowest BCUT2D eigenvalue weighted by Crippen LogP contribution is -2.31. The summed E-state index contributed by atoms with van der Waals surface area (Å²) in [5.41, 5.74) is 2.01. The van der Waals surface area contributed by atoms with Gasteiger partial charge in [0, 0.05) is 0 Å². The van der Waals surface area contributed by atoms with Crippen LogP contribution in [0, 0.1) is 0 Å². The van der Waals surface area contributed by atoms with Crippen molar-refractivity contribution in [3.05, 3.63) is 59.1 Å². The molecule has 1 amide bonds. The van der Waals surface area contributed by atoms with Crippen LogP contribution in [0.4, 0.5) is 0 Å². The third-order valence-electron chi connectivity index (χ3n) is 4.06. The maximum Gasteiger partial charge on any atom is 0.246 e. The van der Waals surface area contributed by atoms with Gasteiger partial charge in [0.05, 0.1) is 30.0 Å². The molecule has 5 nitrogen and oxygen atoms in total. The van der Waals surface area contributed by atoms with Gasteiger partial charge in [0.15, 0.2) is 0 Å². The van der Waals surface area contributed by atoms with Crippen molar-refractivity contribution < 1.29 is 14.3 Å². The fourth-order valence-electron chi connectivity index (χ4n) is 2.71. The summed E-state index contributed by atoms with van der Waals surface area (Å²) in [6, 6.07) is 15.6. The van der Waals surface area contributed by atoms with Crippen LogP contribution in [0.2, 0.25) is 0 Å². The van der Waals surface area contributed by atoms with Gasteiger partial charge in [0.2, 0.25) is 5.91 Å². The van der Waals surface area contributed by atoms with Gasteiger partial charge in [-0.15, -0.1) is 11.3 Å². The van der Waals surface area contributed by atoms with E-state index in [9.17, 15) is 4.79 Å². The minimum Gasteiger partial charge on any atom is -0.497 e. The molecule has 6 heteroatoms. The van der Waals surface area contributed by atoms with E-state index < -0.39 is 0 Å². The number of para-hydroxylation sites is 1. The van der Waals surface area contributed by atoms with Crippen molar-refractivity contribution in [3.8, 4) is 5.75 Å². The Kier molecular flexibility index (Phi) is 6.20. The Hall–Kier alpha value is -2.44. The first-order chi connectivity index (χ1) is 12.7. The van der Waals surface area contributed by atoms with E-state index in [2.05, 4.69) is 10.3 Å². The highest BCUT2D eigenvalue weighted by molar-refractivity contribution is 7.18. The molecule has 2 aromatic carbocycles. The quantitative estimate of drug-likeness (QED) is 0.649. The summed E-state index contributed by atoms with van der Waals surface area (Å²) in [5, 5.41) is 3.89. The molecule has 0 bridgehead atoms. The fraction of sp³-hybridized carbons (Fsp3) is 0.300. The van der Waals surface area contributed by atoms with E-state index >= 15 is 0 Å². The number of rotatable bonds is 8. The second-order valence-corrected chi connectivity index (χ2v) is 6.98. The Morgan fingerprint density at radius 3 is 2.65 bits per heavy atom. The highest BCUT2D eigenvalue weighted by Gasteiger charge is 2.13. The van der Waals surface area contributed by atoms with Crippen LogP contribution in [-0.2, 0) is 16.1 Å². The number of thiazole rings is 1. The number of aromatic nitrogens is 1. The van der Waals surface area contributed by atoms with Gasteiger partial charge in [0.1, 0.15) is 17.4 Å².